The van der Waals surface area contributed by atoms with Crippen molar-refractivity contribution in [1.29, 1.82) is 0 Å². The van der Waals surface area contributed by atoms with Gasteiger partial charge in [0, 0.05) is 17.6 Å². The molecule has 2 N–H and O–H groups in total. The molecule has 18 heavy (non-hydrogen) atoms. The van der Waals surface area contributed by atoms with Crippen LogP contribution in [0.3, 0.4) is 0 Å². The Morgan fingerprint density at radius 3 is 2.78 bits per heavy atom. The fraction of sp³-hybridized carbons (Fsp3) is 0.438. The molecule has 1 fully saturated rings. The van der Waals surface area contributed by atoms with E-state index in [1.54, 1.807) is 0 Å². The quantitative estimate of drug-likeness (QED) is 0.886. The minimum absolute atomic E-state index is 0.0826. The highest BCUT2D eigenvalue weighted by Crippen LogP contribution is 2.33. The molecule has 0 saturated heterocycles. The lowest BCUT2D eigenvalue weighted by Gasteiger charge is -2.17. The molecular formula is C16H20N2. The maximum absolute atomic E-state index is 6.38. The SMILES string of the molecule is NC(CC1CCCC1)c1nccc2ccccc12. The number of hydrogen-bond donors (Lipinski definition) is 1. The second-order valence-corrected chi connectivity index (χ2v) is 5.41. The fourth-order valence-corrected chi connectivity index (χ4v) is 3.16. The van der Waals surface area contributed by atoms with E-state index in [0.717, 1.165) is 18.0 Å². The van der Waals surface area contributed by atoms with Crippen LogP contribution in [0, 0.1) is 5.92 Å². The van der Waals surface area contributed by atoms with E-state index in [1.807, 2.05) is 6.20 Å². The first-order chi connectivity index (χ1) is 8.84. The molecular weight excluding hydrogens is 220 g/mol. The summed E-state index contributed by atoms with van der Waals surface area (Å²) in [6, 6.07) is 10.5. The molecule has 2 aromatic rings. The number of aromatic nitrogens is 1. The van der Waals surface area contributed by atoms with E-state index >= 15 is 0 Å². The zero-order valence-corrected chi connectivity index (χ0v) is 10.7. The number of fused-ring (bicyclic) bond motifs is 1. The minimum Gasteiger partial charge on any atom is -0.323 e. The van der Waals surface area contributed by atoms with E-state index in [0.29, 0.717) is 0 Å². The van der Waals surface area contributed by atoms with Crippen molar-refractivity contribution >= 4 is 10.8 Å². The van der Waals surface area contributed by atoms with Crippen molar-refractivity contribution in [1.82, 2.24) is 4.98 Å². The number of pyridine rings is 1. The molecule has 1 aliphatic rings. The normalized spacial score (nSPS) is 18.3. The Morgan fingerprint density at radius 2 is 1.94 bits per heavy atom. The van der Waals surface area contributed by atoms with Gasteiger partial charge >= 0.3 is 0 Å². The molecule has 1 aliphatic carbocycles. The number of hydrogen-bond acceptors (Lipinski definition) is 2. The first-order valence-electron chi connectivity index (χ1n) is 6.94. The van der Waals surface area contributed by atoms with Gasteiger partial charge in [-0.05, 0) is 23.8 Å². The number of nitrogens with zero attached hydrogens (tertiary/aromatic N) is 1. The van der Waals surface area contributed by atoms with Crippen LogP contribution in [0.4, 0.5) is 0 Å². The molecule has 1 unspecified atom stereocenters. The number of rotatable bonds is 3. The Bertz CT molecular complexity index is 524. The average molecular weight is 240 g/mol. The van der Waals surface area contributed by atoms with Crippen LogP contribution < -0.4 is 5.73 Å². The van der Waals surface area contributed by atoms with Gasteiger partial charge in [-0.2, -0.15) is 0 Å². The molecule has 94 valence electrons. The lowest BCUT2D eigenvalue weighted by Crippen LogP contribution is -2.16. The Morgan fingerprint density at radius 1 is 1.17 bits per heavy atom. The van der Waals surface area contributed by atoms with Gasteiger partial charge in [-0.15, -0.1) is 0 Å². The third-order valence-corrected chi connectivity index (χ3v) is 4.12. The summed E-state index contributed by atoms with van der Waals surface area (Å²) in [6.07, 6.45) is 8.41. The molecule has 1 heterocycles. The third-order valence-electron chi connectivity index (χ3n) is 4.12. The summed E-state index contributed by atoms with van der Waals surface area (Å²) in [5.74, 6) is 0.806. The van der Waals surface area contributed by atoms with Crippen LogP contribution in [0.2, 0.25) is 0 Å². The van der Waals surface area contributed by atoms with Crippen molar-refractivity contribution in [2.24, 2.45) is 11.7 Å². The van der Waals surface area contributed by atoms with Gasteiger partial charge in [0.05, 0.1) is 5.69 Å². The molecule has 3 rings (SSSR count). The van der Waals surface area contributed by atoms with Gasteiger partial charge in [0.15, 0.2) is 0 Å². The molecule has 1 atom stereocenters. The summed E-state index contributed by atoms with van der Waals surface area (Å²) < 4.78 is 0. The van der Waals surface area contributed by atoms with Crippen LogP contribution in [0.15, 0.2) is 36.5 Å². The van der Waals surface area contributed by atoms with Crippen molar-refractivity contribution in [3.05, 3.63) is 42.2 Å². The number of nitrogens with two attached hydrogens (primary N) is 1. The van der Waals surface area contributed by atoms with Crippen molar-refractivity contribution < 1.29 is 0 Å². The largest absolute Gasteiger partial charge is 0.323 e. The summed E-state index contributed by atoms with van der Waals surface area (Å²) in [7, 11) is 0. The second-order valence-electron chi connectivity index (χ2n) is 5.41. The second kappa shape index (κ2) is 5.07. The molecule has 0 aliphatic heterocycles. The fourth-order valence-electron chi connectivity index (χ4n) is 3.16. The summed E-state index contributed by atoms with van der Waals surface area (Å²) in [5, 5.41) is 2.45. The third kappa shape index (κ3) is 2.25. The highest BCUT2D eigenvalue weighted by atomic mass is 14.8. The van der Waals surface area contributed by atoms with Crippen LogP contribution in [0.25, 0.3) is 10.8 Å². The van der Waals surface area contributed by atoms with Crippen molar-refractivity contribution in [2.75, 3.05) is 0 Å². The standard InChI is InChI=1S/C16H20N2/c17-15(11-12-5-1-2-6-12)16-14-8-4-3-7-13(14)9-10-18-16/h3-4,7-10,12,15H,1-2,5-6,11,17H2. The predicted octanol–water partition coefficient (Wildman–Crippen LogP) is 3.81. The maximum atomic E-state index is 6.38. The van der Waals surface area contributed by atoms with Crippen LogP contribution in [-0.2, 0) is 0 Å². The first-order valence-corrected chi connectivity index (χ1v) is 6.94. The van der Waals surface area contributed by atoms with Crippen LogP contribution in [-0.4, -0.2) is 4.98 Å². The monoisotopic (exact) mass is 240 g/mol. The Hall–Kier alpha value is -1.41. The van der Waals surface area contributed by atoms with E-state index < -0.39 is 0 Å². The Balaban J connectivity index is 1.88. The molecule has 1 saturated carbocycles. The van der Waals surface area contributed by atoms with Gasteiger partial charge in [-0.25, -0.2) is 0 Å². The topological polar surface area (TPSA) is 38.9 Å². The van der Waals surface area contributed by atoms with E-state index in [1.165, 1.54) is 36.5 Å². The molecule has 0 spiro atoms. The van der Waals surface area contributed by atoms with Gasteiger partial charge in [-0.3, -0.25) is 4.98 Å². The lowest BCUT2D eigenvalue weighted by molar-refractivity contribution is 0.447. The molecule has 2 nitrogen and oxygen atoms in total. The summed E-state index contributed by atoms with van der Waals surface area (Å²) >= 11 is 0. The van der Waals surface area contributed by atoms with E-state index in [-0.39, 0.29) is 6.04 Å². The average Bonchev–Trinajstić information content (AvgIpc) is 2.91. The van der Waals surface area contributed by atoms with Gasteiger partial charge in [0.1, 0.15) is 0 Å². The van der Waals surface area contributed by atoms with Crippen molar-refractivity contribution in [3.8, 4) is 0 Å². The van der Waals surface area contributed by atoms with E-state index in [4.69, 9.17) is 5.73 Å². The molecule has 1 aromatic carbocycles. The van der Waals surface area contributed by atoms with Crippen LogP contribution in [0.5, 0.6) is 0 Å². The van der Waals surface area contributed by atoms with Gasteiger partial charge in [-0.1, -0.05) is 49.9 Å². The van der Waals surface area contributed by atoms with Crippen LogP contribution in [0.1, 0.15) is 43.8 Å². The van der Waals surface area contributed by atoms with E-state index in [2.05, 4.69) is 35.3 Å². The maximum Gasteiger partial charge on any atom is 0.0649 e. The van der Waals surface area contributed by atoms with Crippen molar-refractivity contribution in [3.63, 3.8) is 0 Å². The van der Waals surface area contributed by atoms with Crippen LogP contribution >= 0.6 is 0 Å². The molecule has 0 amide bonds. The zero-order chi connectivity index (χ0) is 12.4. The van der Waals surface area contributed by atoms with Gasteiger partial charge in [0.25, 0.3) is 0 Å². The minimum atomic E-state index is 0.0826. The van der Waals surface area contributed by atoms with E-state index in [9.17, 15) is 0 Å². The molecule has 2 heteroatoms. The van der Waals surface area contributed by atoms with Crippen molar-refractivity contribution in [2.45, 2.75) is 38.1 Å². The summed E-state index contributed by atoms with van der Waals surface area (Å²) in [5.41, 5.74) is 7.45. The number of benzene rings is 1. The molecule has 0 bridgehead atoms. The highest BCUT2D eigenvalue weighted by molar-refractivity contribution is 5.84. The zero-order valence-electron chi connectivity index (χ0n) is 10.7. The molecule has 1 aromatic heterocycles. The first kappa shape index (κ1) is 11.7. The predicted molar refractivity (Wildman–Crippen MR) is 75.2 cm³/mol. The lowest BCUT2D eigenvalue weighted by atomic mass is 9.94. The summed E-state index contributed by atoms with van der Waals surface area (Å²) in [4.78, 5) is 4.52. The summed E-state index contributed by atoms with van der Waals surface area (Å²) in [6.45, 7) is 0. The molecule has 0 radical (unpaired) electrons. The smallest absolute Gasteiger partial charge is 0.0649 e. The Kier molecular flexibility index (Phi) is 3.28. The van der Waals surface area contributed by atoms with Gasteiger partial charge < -0.3 is 5.73 Å². The highest BCUT2D eigenvalue weighted by Gasteiger charge is 2.20. The Labute approximate surface area is 108 Å². The van der Waals surface area contributed by atoms with Gasteiger partial charge in [0.2, 0.25) is 0 Å².